The second-order valence-corrected chi connectivity index (χ2v) is 6.34. The van der Waals surface area contributed by atoms with Crippen molar-refractivity contribution in [1.82, 2.24) is 10.3 Å². The highest BCUT2D eigenvalue weighted by atomic mass is 16.5. The van der Waals surface area contributed by atoms with Gasteiger partial charge in [0.2, 0.25) is 0 Å². The highest BCUT2D eigenvalue weighted by molar-refractivity contribution is 5.84. The van der Waals surface area contributed by atoms with Crippen molar-refractivity contribution in [3.05, 3.63) is 36.0 Å². The van der Waals surface area contributed by atoms with Crippen LogP contribution in [0.4, 0.5) is 0 Å². The molecule has 0 amide bonds. The summed E-state index contributed by atoms with van der Waals surface area (Å²) in [5.74, 6) is 0.856. The van der Waals surface area contributed by atoms with Crippen LogP contribution in [0.1, 0.15) is 33.4 Å². The molecule has 0 aliphatic rings. The molecule has 108 valence electrons. The number of nitrogens with one attached hydrogen (secondary N) is 1. The van der Waals surface area contributed by atoms with Crippen molar-refractivity contribution in [2.75, 3.05) is 6.54 Å². The molecule has 0 aliphatic carbocycles. The van der Waals surface area contributed by atoms with Crippen LogP contribution in [0.2, 0.25) is 0 Å². The molecular formula is C17H24N2O. The number of nitrogens with zero attached hydrogens (tertiary/aromatic N) is 1. The van der Waals surface area contributed by atoms with E-state index in [9.17, 15) is 0 Å². The predicted molar refractivity (Wildman–Crippen MR) is 84.3 cm³/mol. The van der Waals surface area contributed by atoms with Gasteiger partial charge in [-0.15, -0.1) is 0 Å². The van der Waals surface area contributed by atoms with E-state index in [1.54, 1.807) is 0 Å². The topological polar surface area (TPSA) is 34.1 Å². The second-order valence-electron chi connectivity index (χ2n) is 6.34. The number of fused-ring (bicyclic) bond motifs is 1. The third-order valence-corrected chi connectivity index (χ3v) is 3.07. The van der Waals surface area contributed by atoms with Gasteiger partial charge in [0.1, 0.15) is 17.4 Å². The molecule has 0 radical (unpaired) electrons. The van der Waals surface area contributed by atoms with Crippen LogP contribution in [0, 0.1) is 6.92 Å². The normalized spacial score (nSPS) is 13.4. The van der Waals surface area contributed by atoms with Crippen LogP contribution in [0.15, 0.2) is 30.3 Å². The molecule has 1 unspecified atom stereocenters. The number of aryl methyl sites for hydroxylation is 1. The van der Waals surface area contributed by atoms with Crippen LogP contribution in [-0.2, 0) is 0 Å². The highest BCUT2D eigenvalue weighted by Crippen LogP contribution is 2.24. The predicted octanol–water partition coefficient (Wildman–Crippen LogP) is 3.70. The van der Waals surface area contributed by atoms with Crippen molar-refractivity contribution < 1.29 is 4.74 Å². The molecule has 20 heavy (non-hydrogen) atoms. The Morgan fingerprint density at radius 2 is 1.95 bits per heavy atom. The standard InChI is InChI=1S/C17H24N2O/c1-12-9-10-14-7-6-8-15(16(14)19-12)20-13(2)11-18-17(3,4)5/h6-10,13,18H,11H2,1-5H3. The van der Waals surface area contributed by atoms with E-state index < -0.39 is 0 Å². The van der Waals surface area contributed by atoms with Gasteiger partial charge in [-0.25, -0.2) is 4.98 Å². The van der Waals surface area contributed by atoms with Gasteiger partial charge in [0, 0.05) is 23.2 Å². The molecule has 0 saturated carbocycles. The van der Waals surface area contributed by atoms with E-state index >= 15 is 0 Å². The summed E-state index contributed by atoms with van der Waals surface area (Å²) >= 11 is 0. The van der Waals surface area contributed by atoms with E-state index in [1.807, 2.05) is 25.1 Å². The van der Waals surface area contributed by atoms with Crippen LogP contribution in [0.25, 0.3) is 10.9 Å². The average molecular weight is 272 g/mol. The van der Waals surface area contributed by atoms with Crippen LogP contribution < -0.4 is 10.1 Å². The van der Waals surface area contributed by atoms with Gasteiger partial charge in [0.25, 0.3) is 0 Å². The second kappa shape index (κ2) is 5.80. The van der Waals surface area contributed by atoms with Crippen molar-refractivity contribution in [3.63, 3.8) is 0 Å². The molecule has 0 bridgehead atoms. The fourth-order valence-corrected chi connectivity index (χ4v) is 2.02. The number of rotatable bonds is 4. The summed E-state index contributed by atoms with van der Waals surface area (Å²) in [6.07, 6.45) is 0.0992. The van der Waals surface area contributed by atoms with Crippen LogP contribution >= 0.6 is 0 Å². The molecule has 0 saturated heterocycles. The number of hydrogen-bond donors (Lipinski definition) is 1. The molecule has 1 aromatic carbocycles. The number of benzene rings is 1. The van der Waals surface area contributed by atoms with E-state index in [4.69, 9.17) is 4.74 Å². The van der Waals surface area contributed by atoms with Gasteiger partial charge in [-0.2, -0.15) is 0 Å². The molecule has 1 heterocycles. The lowest BCUT2D eigenvalue weighted by atomic mass is 10.1. The molecule has 1 aromatic heterocycles. The first-order chi connectivity index (χ1) is 9.35. The number of ether oxygens (including phenoxy) is 1. The largest absolute Gasteiger partial charge is 0.487 e. The minimum atomic E-state index is 0.0992. The van der Waals surface area contributed by atoms with Gasteiger partial charge >= 0.3 is 0 Å². The first-order valence-electron chi connectivity index (χ1n) is 7.13. The molecule has 2 rings (SSSR count). The monoisotopic (exact) mass is 272 g/mol. The smallest absolute Gasteiger partial charge is 0.146 e. The summed E-state index contributed by atoms with van der Waals surface area (Å²) < 4.78 is 6.05. The molecule has 1 N–H and O–H groups in total. The third-order valence-electron chi connectivity index (χ3n) is 3.07. The SMILES string of the molecule is Cc1ccc2cccc(OC(C)CNC(C)(C)C)c2n1. The van der Waals surface area contributed by atoms with Crippen molar-refractivity contribution >= 4 is 10.9 Å². The zero-order valence-electron chi connectivity index (χ0n) is 13.0. The quantitative estimate of drug-likeness (QED) is 0.921. The zero-order chi connectivity index (χ0) is 14.8. The Morgan fingerprint density at radius 1 is 1.20 bits per heavy atom. The van der Waals surface area contributed by atoms with Crippen LogP contribution in [0.3, 0.4) is 0 Å². The van der Waals surface area contributed by atoms with E-state index in [1.165, 1.54) is 0 Å². The molecule has 0 spiro atoms. The van der Waals surface area contributed by atoms with Gasteiger partial charge in [0.15, 0.2) is 0 Å². The third kappa shape index (κ3) is 3.94. The Labute approximate surface area is 121 Å². The minimum absolute atomic E-state index is 0.0992. The molecular weight excluding hydrogens is 248 g/mol. The van der Waals surface area contributed by atoms with E-state index in [2.05, 4.69) is 50.1 Å². The minimum Gasteiger partial charge on any atom is -0.487 e. The Morgan fingerprint density at radius 3 is 2.65 bits per heavy atom. The van der Waals surface area contributed by atoms with E-state index in [-0.39, 0.29) is 11.6 Å². The Hall–Kier alpha value is -1.61. The summed E-state index contributed by atoms with van der Waals surface area (Å²) in [7, 11) is 0. The first kappa shape index (κ1) is 14.8. The average Bonchev–Trinajstić information content (AvgIpc) is 2.36. The van der Waals surface area contributed by atoms with Gasteiger partial charge < -0.3 is 10.1 Å². The molecule has 3 nitrogen and oxygen atoms in total. The molecule has 3 heteroatoms. The van der Waals surface area contributed by atoms with Crippen molar-refractivity contribution in [3.8, 4) is 5.75 Å². The molecule has 2 aromatic rings. The summed E-state index contributed by atoms with van der Waals surface area (Å²) in [4.78, 5) is 4.59. The maximum atomic E-state index is 6.05. The Kier molecular flexibility index (Phi) is 4.29. The van der Waals surface area contributed by atoms with Gasteiger partial charge in [-0.05, 0) is 46.8 Å². The lowest BCUT2D eigenvalue weighted by Crippen LogP contribution is -2.41. The van der Waals surface area contributed by atoms with Crippen LogP contribution in [-0.4, -0.2) is 23.2 Å². The summed E-state index contributed by atoms with van der Waals surface area (Å²) in [5.41, 5.74) is 2.05. The maximum absolute atomic E-state index is 6.05. The highest BCUT2D eigenvalue weighted by Gasteiger charge is 2.13. The lowest BCUT2D eigenvalue weighted by molar-refractivity contribution is 0.205. The number of aromatic nitrogens is 1. The van der Waals surface area contributed by atoms with E-state index in [0.717, 1.165) is 28.9 Å². The number of hydrogen-bond acceptors (Lipinski definition) is 3. The fourth-order valence-electron chi connectivity index (χ4n) is 2.02. The number of pyridine rings is 1. The first-order valence-corrected chi connectivity index (χ1v) is 7.13. The van der Waals surface area contributed by atoms with Crippen molar-refractivity contribution in [2.24, 2.45) is 0 Å². The van der Waals surface area contributed by atoms with Gasteiger partial charge in [-0.3, -0.25) is 0 Å². The zero-order valence-corrected chi connectivity index (χ0v) is 13.0. The van der Waals surface area contributed by atoms with Crippen molar-refractivity contribution in [2.45, 2.75) is 46.3 Å². The van der Waals surface area contributed by atoms with Gasteiger partial charge in [-0.1, -0.05) is 18.2 Å². The molecule has 0 fully saturated rings. The number of para-hydroxylation sites is 1. The Bertz CT molecular complexity index is 587. The fraction of sp³-hybridized carbons (Fsp3) is 0.471. The Balaban J connectivity index is 2.15. The molecule has 0 aliphatic heterocycles. The van der Waals surface area contributed by atoms with E-state index in [0.29, 0.717) is 0 Å². The summed E-state index contributed by atoms with van der Waals surface area (Å²) in [6, 6.07) is 10.2. The molecule has 1 atom stereocenters. The van der Waals surface area contributed by atoms with Gasteiger partial charge in [0.05, 0.1) is 0 Å². The van der Waals surface area contributed by atoms with Crippen molar-refractivity contribution in [1.29, 1.82) is 0 Å². The summed E-state index contributed by atoms with van der Waals surface area (Å²) in [5, 5.41) is 4.57. The lowest BCUT2D eigenvalue weighted by Gasteiger charge is -2.24. The maximum Gasteiger partial charge on any atom is 0.146 e. The summed E-state index contributed by atoms with van der Waals surface area (Å²) in [6.45, 7) is 11.4. The van der Waals surface area contributed by atoms with Crippen LogP contribution in [0.5, 0.6) is 5.75 Å².